The van der Waals surface area contributed by atoms with E-state index < -0.39 is 0 Å². The number of rotatable bonds is 8. The zero-order chi connectivity index (χ0) is 10.1. The zero-order valence-electron chi connectivity index (χ0n) is 9.08. The van der Waals surface area contributed by atoms with Crippen molar-refractivity contribution in [3.05, 3.63) is 0 Å². The van der Waals surface area contributed by atoms with Crippen molar-refractivity contribution in [3.8, 4) is 0 Å². The molecule has 13 heavy (non-hydrogen) atoms. The maximum absolute atomic E-state index is 5.41. The molecule has 0 bridgehead atoms. The van der Waals surface area contributed by atoms with Gasteiger partial charge in [-0.1, -0.05) is 0 Å². The molecule has 1 unspecified atom stereocenters. The summed E-state index contributed by atoms with van der Waals surface area (Å²) in [4.78, 5) is 2.13. The monoisotopic (exact) mass is 191 g/mol. The molecule has 0 rings (SSSR count). The normalized spacial score (nSPS) is 13.6. The van der Waals surface area contributed by atoms with Crippen LogP contribution in [-0.4, -0.2) is 59.3 Å². The van der Waals surface area contributed by atoms with Crippen LogP contribution in [0.5, 0.6) is 0 Å². The molecule has 0 aromatic rings. The second kappa shape index (κ2) is 8.44. The Labute approximate surface area is 80.8 Å². The smallest absolute Gasteiger partial charge is 0.180 e. The van der Waals surface area contributed by atoms with E-state index in [4.69, 9.17) is 14.2 Å². The Balaban J connectivity index is 3.27. The van der Waals surface area contributed by atoms with Gasteiger partial charge in [-0.15, -0.1) is 0 Å². The Bertz CT molecular complexity index is 109. The molecular weight excluding hydrogens is 170 g/mol. The van der Waals surface area contributed by atoms with E-state index in [-0.39, 0.29) is 6.29 Å². The first kappa shape index (κ1) is 12.8. The maximum atomic E-state index is 5.41. The van der Waals surface area contributed by atoms with E-state index >= 15 is 0 Å². The lowest BCUT2D eigenvalue weighted by atomic mass is 10.4. The predicted octanol–water partition coefficient (Wildman–Crippen LogP) is 0.574. The number of hydrogen-bond donors (Lipinski definition) is 0. The average Bonchev–Trinajstić information content (AvgIpc) is 2.10. The van der Waals surface area contributed by atoms with Gasteiger partial charge in [0.25, 0.3) is 0 Å². The van der Waals surface area contributed by atoms with Gasteiger partial charge in [0.15, 0.2) is 6.29 Å². The maximum Gasteiger partial charge on any atom is 0.180 e. The molecule has 0 N–H and O–H groups in total. The molecule has 1 atom stereocenters. The highest BCUT2D eigenvalue weighted by Gasteiger charge is 2.05. The van der Waals surface area contributed by atoms with Crippen LogP contribution in [0.1, 0.15) is 6.42 Å². The number of hydrogen-bond acceptors (Lipinski definition) is 4. The molecule has 0 aromatic heterocycles. The van der Waals surface area contributed by atoms with Crippen LogP contribution in [0.25, 0.3) is 0 Å². The van der Waals surface area contributed by atoms with Gasteiger partial charge in [0.1, 0.15) is 0 Å². The van der Waals surface area contributed by atoms with Crippen LogP contribution in [0.4, 0.5) is 0 Å². The quantitative estimate of drug-likeness (QED) is 0.415. The molecule has 0 aliphatic heterocycles. The van der Waals surface area contributed by atoms with Gasteiger partial charge in [0.2, 0.25) is 0 Å². The van der Waals surface area contributed by atoms with Crippen molar-refractivity contribution in [2.45, 2.75) is 12.7 Å². The van der Waals surface area contributed by atoms with Crippen molar-refractivity contribution in [2.75, 3.05) is 48.1 Å². The Morgan fingerprint density at radius 2 is 1.92 bits per heavy atom. The first-order valence-corrected chi connectivity index (χ1v) is 4.48. The Hall–Kier alpha value is -0.160. The standard InChI is InChI=1S/C9H21NO3/c1-10(2)6-5-7-13-9(12-4)8-11-3/h9H,5-8H2,1-4H3. The lowest BCUT2D eigenvalue weighted by Crippen LogP contribution is -2.23. The summed E-state index contributed by atoms with van der Waals surface area (Å²) in [7, 11) is 7.34. The van der Waals surface area contributed by atoms with Crippen molar-refractivity contribution in [1.82, 2.24) is 4.90 Å². The molecular formula is C9H21NO3. The van der Waals surface area contributed by atoms with Crippen molar-refractivity contribution in [3.63, 3.8) is 0 Å². The molecule has 0 saturated carbocycles. The van der Waals surface area contributed by atoms with Crippen LogP contribution in [-0.2, 0) is 14.2 Å². The summed E-state index contributed by atoms with van der Waals surface area (Å²) < 4.78 is 15.4. The second-order valence-corrected chi connectivity index (χ2v) is 3.15. The highest BCUT2D eigenvalue weighted by Crippen LogP contribution is 1.95. The SMILES string of the molecule is COCC(OC)OCCCN(C)C. The molecule has 0 saturated heterocycles. The van der Waals surface area contributed by atoms with Gasteiger partial charge in [-0.2, -0.15) is 0 Å². The molecule has 0 heterocycles. The molecule has 0 aromatic carbocycles. The third kappa shape index (κ3) is 8.18. The summed E-state index contributed by atoms with van der Waals surface area (Å²) >= 11 is 0. The van der Waals surface area contributed by atoms with Crippen LogP contribution >= 0.6 is 0 Å². The highest BCUT2D eigenvalue weighted by atomic mass is 16.7. The van der Waals surface area contributed by atoms with Crippen LogP contribution in [0.2, 0.25) is 0 Å². The average molecular weight is 191 g/mol. The summed E-state index contributed by atoms with van der Waals surface area (Å²) in [5.41, 5.74) is 0. The Morgan fingerprint density at radius 1 is 1.23 bits per heavy atom. The Morgan fingerprint density at radius 3 is 2.38 bits per heavy atom. The summed E-state index contributed by atoms with van der Waals surface area (Å²) in [6.07, 6.45) is 0.781. The van der Waals surface area contributed by atoms with Crippen molar-refractivity contribution < 1.29 is 14.2 Å². The van der Waals surface area contributed by atoms with Gasteiger partial charge in [-0.25, -0.2) is 0 Å². The fraction of sp³-hybridized carbons (Fsp3) is 1.00. The predicted molar refractivity (Wildman–Crippen MR) is 51.8 cm³/mol. The molecule has 0 spiro atoms. The van der Waals surface area contributed by atoms with E-state index in [0.717, 1.165) is 13.0 Å². The van der Waals surface area contributed by atoms with Crippen LogP contribution < -0.4 is 0 Å². The molecule has 80 valence electrons. The van der Waals surface area contributed by atoms with Crippen LogP contribution in [0.15, 0.2) is 0 Å². The van der Waals surface area contributed by atoms with Gasteiger partial charge in [-0.3, -0.25) is 0 Å². The molecule has 0 fully saturated rings. The van der Waals surface area contributed by atoms with E-state index in [9.17, 15) is 0 Å². The number of methoxy groups -OCH3 is 2. The van der Waals surface area contributed by atoms with E-state index in [1.54, 1.807) is 14.2 Å². The third-order valence-corrected chi connectivity index (χ3v) is 1.62. The minimum absolute atomic E-state index is 0.229. The summed E-state index contributed by atoms with van der Waals surface area (Å²) in [5, 5.41) is 0. The third-order valence-electron chi connectivity index (χ3n) is 1.62. The molecule has 4 nitrogen and oxygen atoms in total. The zero-order valence-corrected chi connectivity index (χ0v) is 9.08. The van der Waals surface area contributed by atoms with Gasteiger partial charge in [0, 0.05) is 14.2 Å². The fourth-order valence-electron chi connectivity index (χ4n) is 0.916. The van der Waals surface area contributed by atoms with Crippen LogP contribution in [0, 0.1) is 0 Å². The van der Waals surface area contributed by atoms with Crippen molar-refractivity contribution in [1.29, 1.82) is 0 Å². The van der Waals surface area contributed by atoms with E-state index in [2.05, 4.69) is 4.90 Å². The molecule has 0 aliphatic carbocycles. The first-order chi connectivity index (χ1) is 6.20. The van der Waals surface area contributed by atoms with Gasteiger partial charge < -0.3 is 19.1 Å². The largest absolute Gasteiger partial charge is 0.379 e. The lowest BCUT2D eigenvalue weighted by Gasteiger charge is -2.16. The summed E-state index contributed by atoms with van der Waals surface area (Å²) in [6, 6.07) is 0. The van der Waals surface area contributed by atoms with Crippen molar-refractivity contribution >= 4 is 0 Å². The minimum atomic E-state index is -0.229. The topological polar surface area (TPSA) is 30.9 Å². The van der Waals surface area contributed by atoms with Gasteiger partial charge in [0.05, 0.1) is 13.2 Å². The second-order valence-electron chi connectivity index (χ2n) is 3.15. The van der Waals surface area contributed by atoms with Crippen LogP contribution in [0.3, 0.4) is 0 Å². The lowest BCUT2D eigenvalue weighted by molar-refractivity contribution is -0.152. The summed E-state index contributed by atoms with van der Waals surface area (Å²) in [5.74, 6) is 0. The Kier molecular flexibility index (Phi) is 8.33. The molecule has 0 radical (unpaired) electrons. The minimum Gasteiger partial charge on any atom is -0.379 e. The van der Waals surface area contributed by atoms with E-state index in [0.29, 0.717) is 13.2 Å². The number of ether oxygens (including phenoxy) is 3. The first-order valence-electron chi connectivity index (χ1n) is 4.48. The van der Waals surface area contributed by atoms with E-state index in [1.165, 1.54) is 0 Å². The summed E-state index contributed by atoms with van der Waals surface area (Å²) in [6.45, 7) is 2.22. The molecule has 4 heteroatoms. The molecule has 0 amide bonds. The van der Waals surface area contributed by atoms with E-state index in [1.807, 2.05) is 14.1 Å². The fourth-order valence-corrected chi connectivity index (χ4v) is 0.916. The van der Waals surface area contributed by atoms with Gasteiger partial charge >= 0.3 is 0 Å². The number of nitrogens with zero attached hydrogens (tertiary/aromatic N) is 1. The van der Waals surface area contributed by atoms with Crippen molar-refractivity contribution in [2.24, 2.45) is 0 Å². The van der Waals surface area contributed by atoms with Gasteiger partial charge in [-0.05, 0) is 27.1 Å². The molecule has 0 aliphatic rings. The highest BCUT2D eigenvalue weighted by molar-refractivity contribution is 4.45.